The molecule has 1 aliphatic rings. The van der Waals surface area contributed by atoms with Gasteiger partial charge in [0.25, 0.3) is 5.56 Å². The van der Waals surface area contributed by atoms with Crippen LogP contribution in [-0.4, -0.2) is 47.7 Å². The summed E-state index contributed by atoms with van der Waals surface area (Å²) >= 11 is 0. The second kappa shape index (κ2) is 9.06. The molecule has 0 saturated carbocycles. The van der Waals surface area contributed by atoms with E-state index in [1.54, 1.807) is 6.20 Å². The summed E-state index contributed by atoms with van der Waals surface area (Å²) in [5, 5.41) is 3.93. The molecule has 1 saturated heterocycles. The van der Waals surface area contributed by atoms with Crippen molar-refractivity contribution in [3.05, 3.63) is 58.8 Å². The molecule has 31 heavy (non-hydrogen) atoms. The van der Waals surface area contributed by atoms with Gasteiger partial charge in [0, 0.05) is 61.7 Å². The van der Waals surface area contributed by atoms with Crippen LogP contribution in [0.2, 0.25) is 0 Å². The molecular weight excluding hydrogens is 393 g/mol. The van der Waals surface area contributed by atoms with E-state index in [9.17, 15) is 9.18 Å². The van der Waals surface area contributed by atoms with Crippen molar-refractivity contribution >= 4 is 28.1 Å². The summed E-state index contributed by atoms with van der Waals surface area (Å²) < 4.78 is 15.6. The molecular formula is C24H30FN5O. The van der Waals surface area contributed by atoms with E-state index < -0.39 is 11.4 Å². The summed E-state index contributed by atoms with van der Waals surface area (Å²) in [6, 6.07) is 11.4. The van der Waals surface area contributed by atoms with Crippen LogP contribution in [-0.2, 0) is 6.54 Å². The molecule has 0 unspecified atom stereocenters. The summed E-state index contributed by atoms with van der Waals surface area (Å²) in [6.45, 7) is 8.86. The number of hydrogen-bond donors (Lipinski definition) is 1. The van der Waals surface area contributed by atoms with E-state index in [1.165, 1.54) is 16.3 Å². The Morgan fingerprint density at radius 2 is 1.81 bits per heavy atom. The summed E-state index contributed by atoms with van der Waals surface area (Å²) in [4.78, 5) is 21.6. The second-order valence-electron chi connectivity index (χ2n) is 8.72. The van der Waals surface area contributed by atoms with E-state index in [0.717, 1.165) is 38.3 Å². The van der Waals surface area contributed by atoms with Crippen LogP contribution in [0.25, 0.3) is 10.9 Å². The molecule has 0 bridgehead atoms. The predicted molar refractivity (Wildman–Crippen MR) is 125 cm³/mol. The number of aryl methyl sites for hydroxylation is 1. The van der Waals surface area contributed by atoms with Gasteiger partial charge in [0.05, 0.1) is 5.52 Å². The molecule has 3 heterocycles. The zero-order valence-electron chi connectivity index (χ0n) is 18.4. The maximum atomic E-state index is 14.1. The second-order valence-corrected chi connectivity index (χ2v) is 8.72. The topological polar surface area (TPSA) is 53.4 Å². The number of rotatable bonds is 6. The number of likely N-dealkylation sites (N-methyl/N-ethyl adjacent to an activating group) is 1. The average molecular weight is 424 g/mol. The van der Waals surface area contributed by atoms with E-state index in [1.807, 2.05) is 18.2 Å². The number of nitrogens with zero attached hydrogens (tertiary/aromatic N) is 4. The number of nitrogens with one attached hydrogen (secondary N) is 1. The van der Waals surface area contributed by atoms with Gasteiger partial charge in [-0.3, -0.25) is 4.79 Å². The maximum absolute atomic E-state index is 14.1. The Kier molecular flexibility index (Phi) is 6.23. The monoisotopic (exact) mass is 423 g/mol. The van der Waals surface area contributed by atoms with Crippen LogP contribution in [0.1, 0.15) is 20.3 Å². The van der Waals surface area contributed by atoms with Crippen molar-refractivity contribution < 1.29 is 4.39 Å². The van der Waals surface area contributed by atoms with E-state index in [2.05, 4.69) is 53.1 Å². The molecule has 7 heteroatoms. The Hall–Kier alpha value is -2.93. The van der Waals surface area contributed by atoms with Gasteiger partial charge in [0.1, 0.15) is 5.82 Å². The molecule has 1 aliphatic heterocycles. The van der Waals surface area contributed by atoms with E-state index >= 15 is 0 Å². The van der Waals surface area contributed by atoms with Crippen LogP contribution in [0.15, 0.2) is 47.4 Å². The van der Waals surface area contributed by atoms with Crippen LogP contribution in [0, 0.1) is 11.7 Å². The van der Waals surface area contributed by atoms with Crippen LogP contribution in [0.3, 0.4) is 0 Å². The van der Waals surface area contributed by atoms with Crippen molar-refractivity contribution in [2.45, 2.75) is 26.8 Å². The molecule has 0 atom stereocenters. The van der Waals surface area contributed by atoms with E-state index in [0.29, 0.717) is 29.2 Å². The third-order valence-corrected chi connectivity index (χ3v) is 5.87. The smallest absolute Gasteiger partial charge is 0.287 e. The minimum atomic E-state index is -0.738. The lowest BCUT2D eigenvalue weighted by atomic mass is 10.1. The predicted octanol–water partition coefficient (Wildman–Crippen LogP) is 4.08. The first-order chi connectivity index (χ1) is 14.9. The van der Waals surface area contributed by atoms with E-state index in [-0.39, 0.29) is 0 Å². The molecule has 0 aliphatic carbocycles. The molecule has 3 aromatic rings. The summed E-state index contributed by atoms with van der Waals surface area (Å²) in [7, 11) is 2.15. The van der Waals surface area contributed by atoms with Crippen molar-refractivity contribution in [2.75, 3.05) is 43.4 Å². The van der Waals surface area contributed by atoms with Gasteiger partial charge in [-0.15, -0.1) is 0 Å². The minimum absolute atomic E-state index is 0.420. The highest BCUT2D eigenvalue weighted by Crippen LogP contribution is 2.23. The Morgan fingerprint density at radius 1 is 1.10 bits per heavy atom. The third-order valence-electron chi connectivity index (χ3n) is 5.87. The fourth-order valence-electron chi connectivity index (χ4n) is 3.88. The molecule has 2 aromatic heterocycles. The van der Waals surface area contributed by atoms with Gasteiger partial charge in [0.2, 0.25) is 0 Å². The van der Waals surface area contributed by atoms with Crippen molar-refractivity contribution in [1.82, 2.24) is 14.5 Å². The first-order valence-corrected chi connectivity index (χ1v) is 10.9. The SMILES string of the molecule is CC(C)CCn1c(=O)c(F)cc2cnc(Nc3ccc(N4CCN(C)CC4)cc3)cc21. The lowest BCUT2D eigenvalue weighted by Gasteiger charge is -2.34. The first kappa shape index (κ1) is 21.3. The number of aromatic nitrogens is 2. The van der Waals surface area contributed by atoms with Crippen molar-refractivity contribution in [3.8, 4) is 0 Å². The molecule has 0 radical (unpaired) electrons. The van der Waals surface area contributed by atoms with Crippen molar-refractivity contribution in [2.24, 2.45) is 5.92 Å². The van der Waals surface area contributed by atoms with Gasteiger partial charge < -0.3 is 19.7 Å². The molecule has 4 rings (SSSR count). The van der Waals surface area contributed by atoms with Gasteiger partial charge in [0.15, 0.2) is 5.82 Å². The zero-order chi connectivity index (χ0) is 22.0. The van der Waals surface area contributed by atoms with Gasteiger partial charge in [-0.1, -0.05) is 13.8 Å². The largest absolute Gasteiger partial charge is 0.369 e. The standard InChI is InChI=1S/C24H30FN5O/c1-17(2)8-9-30-22-15-23(26-16-18(22)14-21(25)24(30)31)27-19-4-6-20(7-5-19)29-12-10-28(3)11-13-29/h4-7,14-17H,8-13H2,1-3H3,(H,26,27). The third kappa shape index (κ3) is 4.88. The summed E-state index contributed by atoms with van der Waals surface area (Å²) in [5.74, 6) is 0.311. The number of pyridine rings is 2. The lowest BCUT2D eigenvalue weighted by Crippen LogP contribution is -2.44. The number of benzene rings is 1. The molecule has 1 N–H and O–H groups in total. The summed E-state index contributed by atoms with van der Waals surface area (Å²) in [6.07, 6.45) is 2.42. The fraction of sp³-hybridized carbons (Fsp3) is 0.417. The fourth-order valence-corrected chi connectivity index (χ4v) is 3.88. The molecule has 0 spiro atoms. The number of anilines is 3. The lowest BCUT2D eigenvalue weighted by molar-refractivity contribution is 0.313. The van der Waals surface area contributed by atoms with Crippen molar-refractivity contribution in [1.29, 1.82) is 0 Å². The molecule has 1 fully saturated rings. The van der Waals surface area contributed by atoms with Crippen LogP contribution < -0.4 is 15.8 Å². The number of hydrogen-bond acceptors (Lipinski definition) is 5. The van der Waals surface area contributed by atoms with Gasteiger partial charge in [-0.25, -0.2) is 9.37 Å². The quantitative estimate of drug-likeness (QED) is 0.648. The number of halogens is 1. The van der Waals surface area contributed by atoms with E-state index in [4.69, 9.17) is 0 Å². The Bertz CT molecular complexity index is 1100. The zero-order valence-corrected chi connectivity index (χ0v) is 18.4. The van der Waals surface area contributed by atoms with Gasteiger partial charge in [-0.2, -0.15) is 0 Å². The highest BCUT2D eigenvalue weighted by molar-refractivity contribution is 5.81. The Morgan fingerprint density at radius 3 is 2.48 bits per heavy atom. The Balaban J connectivity index is 1.56. The molecule has 0 amide bonds. The number of fused-ring (bicyclic) bond motifs is 1. The summed E-state index contributed by atoms with van der Waals surface area (Å²) in [5.41, 5.74) is 2.24. The minimum Gasteiger partial charge on any atom is -0.369 e. The number of piperazine rings is 1. The first-order valence-electron chi connectivity index (χ1n) is 10.9. The molecule has 164 valence electrons. The average Bonchev–Trinajstić information content (AvgIpc) is 2.75. The van der Waals surface area contributed by atoms with Gasteiger partial charge in [-0.05, 0) is 49.7 Å². The molecule has 6 nitrogen and oxygen atoms in total. The van der Waals surface area contributed by atoms with Gasteiger partial charge >= 0.3 is 0 Å². The van der Waals surface area contributed by atoms with Crippen LogP contribution in [0.5, 0.6) is 0 Å². The Labute approximate surface area is 182 Å². The molecule has 1 aromatic carbocycles. The van der Waals surface area contributed by atoms with Crippen LogP contribution >= 0.6 is 0 Å². The van der Waals surface area contributed by atoms with Crippen LogP contribution in [0.4, 0.5) is 21.6 Å². The normalized spacial score (nSPS) is 15.1. The van der Waals surface area contributed by atoms with Crippen molar-refractivity contribution in [3.63, 3.8) is 0 Å². The highest BCUT2D eigenvalue weighted by atomic mass is 19.1. The maximum Gasteiger partial charge on any atom is 0.287 e. The highest BCUT2D eigenvalue weighted by Gasteiger charge is 2.14.